The number of benzene rings is 2. The van der Waals surface area contributed by atoms with Crippen LogP contribution in [-0.2, 0) is 11.2 Å². The molecule has 2 fully saturated rings. The van der Waals surface area contributed by atoms with E-state index < -0.39 is 5.60 Å². The third kappa shape index (κ3) is 4.35. The molecule has 2 heterocycles. The number of nitrogens with zero attached hydrogens (tertiary/aromatic N) is 2. The predicted molar refractivity (Wildman–Crippen MR) is 134 cm³/mol. The summed E-state index contributed by atoms with van der Waals surface area (Å²) in [5.74, 6) is 1.50. The zero-order valence-corrected chi connectivity index (χ0v) is 20.5. The maximum absolute atomic E-state index is 13.0. The van der Waals surface area contributed by atoms with Crippen LogP contribution in [0.15, 0.2) is 42.6 Å². The average molecular weight is 456 g/mol. The SMILES string of the molecule is Cc1cc(C2CC2)c(CC2CNC[C@H]2c2ccc(C#N)cc2)c2ccn(C(=O)OC(C)(C)C)c12. The number of ether oxygens (including phenoxy) is 1. The number of hydrogen-bond acceptors (Lipinski definition) is 4. The number of nitrogens with one attached hydrogen (secondary N) is 1. The second kappa shape index (κ2) is 8.60. The molecule has 1 aromatic heterocycles. The predicted octanol–water partition coefficient (Wildman–Crippen LogP) is 6.03. The summed E-state index contributed by atoms with van der Waals surface area (Å²) in [6, 6.07) is 14.7. The van der Waals surface area contributed by atoms with Crippen LogP contribution in [0.25, 0.3) is 10.9 Å². The molecule has 2 aliphatic rings. The van der Waals surface area contributed by atoms with Crippen molar-refractivity contribution < 1.29 is 9.53 Å². The highest BCUT2D eigenvalue weighted by molar-refractivity contribution is 5.94. The fourth-order valence-corrected chi connectivity index (χ4v) is 5.48. The van der Waals surface area contributed by atoms with Crippen molar-refractivity contribution >= 4 is 17.0 Å². The van der Waals surface area contributed by atoms with Gasteiger partial charge in [-0.1, -0.05) is 18.2 Å². The van der Waals surface area contributed by atoms with Crippen molar-refractivity contribution in [2.75, 3.05) is 13.1 Å². The minimum atomic E-state index is -0.539. The van der Waals surface area contributed by atoms with E-state index in [1.54, 1.807) is 4.57 Å². The fourth-order valence-electron chi connectivity index (χ4n) is 5.48. The molecular weight excluding hydrogens is 422 g/mol. The van der Waals surface area contributed by atoms with Gasteiger partial charge in [-0.2, -0.15) is 5.26 Å². The standard InChI is InChI=1S/C29H33N3O2/c1-18-13-24(20-9-10-20)25(23-11-12-32(27(18)23)28(33)34-29(2,3)4)14-22-16-31-17-26(22)21-7-5-19(15-30)6-8-21/h5-8,11-13,20,22,26,31H,9-10,14,16-17H2,1-4H3/t22?,26-/m0/s1. The first kappa shape index (κ1) is 22.7. The van der Waals surface area contributed by atoms with E-state index in [-0.39, 0.29) is 6.09 Å². The Labute approximate surface area is 201 Å². The Morgan fingerprint density at radius 3 is 2.56 bits per heavy atom. The van der Waals surface area contributed by atoms with E-state index in [4.69, 9.17) is 10.00 Å². The van der Waals surface area contributed by atoms with Gasteiger partial charge < -0.3 is 10.1 Å². The van der Waals surface area contributed by atoms with Crippen LogP contribution in [0.2, 0.25) is 0 Å². The highest BCUT2D eigenvalue weighted by Gasteiger charge is 2.33. The van der Waals surface area contributed by atoms with Crippen molar-refractivity contribution in [2.24, 2.45) is 5.92 Å². The Morgan fingerprint density at radius 1 is 1.18 bits per heavy atom. The molecule has 0 bridgehead atoms. The summed E-state index contributed by atoms with van der Waals surface area (Å²) in [6.07, 6.45) is 5.00. The summed E-state index contributed by atoms with van der Waals surface area (Å²) in [5.41, 5.74) is 6.39. The van der Waals surface area contributed by atoms with Crippen molar-refractivity contribution in [3.05, 3.63) is 70.4 Å². The van der Waals surface area contributed by atoms with Crippen molar-refractivity contribution in [1.29, 1.82) is 5.26 Å². The second-order valence-corrected chi connectivity index (χ2v) is 10.9. The third-order valence-corrected chi connectivity index (χ3v) is 7.19. The van der Waals surface area contributed by atoms with Crippen LogP contribution in [0.4, 0.5) is 4.79 Å². The van der Waals surface area contributed by atoms with E-state index in [0.717, 1.165) is 30.6 Å². The maximum atomic E-state index is 13.0. The van der Waals surface area contributed by atoms with Crippen LogP contribution in [0.3, 0.4) is 0 Å². The molecule has 5 heteroatoms. The van der Waals surface area contributed by atoms with E-state index in [0.29, 0.717) is 23.3 Å². The minimum absolute atomic E-state index is 0.325. The molecule has 1 saturated carbocycles. The van der Waals surface area contributed by atoms with E-state index in [9.17, 15) is 4.79 Å². The lowest BCUT2D eigenvalue weighted by Crippen LogP contribution is -2.26. The number of aryl methyl sites for hydroxylation is 1. The molecule has 1 saturated heterocycles. The Hall–Kier alpha value is -3.10. The molecule has 0 amide bonds. The molecule has 2 aromatic carbocycles. The summed E-state index contributed by atoms with van der Waals surface area (Å²) in [4.78, 5) is 13.0. The van der Waals surface area contributed by atoms with E-state index in [1.165, 1.54) is 34.9 Å². The number of aromatic nitrogens is 1. The molecule has 1 N–H and O–H groups in total. The highest BCUT2D eigenvalue weighted by atomic mass is 16.6. The number of hydrogen-bond donors (Lipinski definition) is 1. The van der Waals surface area contributed by atoms with Gasteiger partial charge >= 0.3 is 6.09 Å². The van der Waals surface area contributed by atoms with Gasteiger partial charge in [-0.15, -0.1) is 0 Å². The van der Waals surface area contributed by atoms with Crippen molar-refractivity contribution in [2.45, 2.75) is 64.4 Å². The van der Waals surface area contributed by atoms with Crippen LogP contribution in [-0.4, -0.2) is 29.4 Å². The molecule has 5 nitrogen and oxygen atoms in total. The Kier molecular flexibility index (Phi) is 5.73. The van der Waals surface area contributed by atoms with Gasteiger partial charge in [0.25, 0.3) is 0 Å². The van der Waals surface area contributed by atoms with Crippen LogP contribution < -0.4 is 5.32 Å². The molecule has 2 atom stereocenters. The monoisotopic (exact) mass is 455 g/mol. The van der Waals surface area contributed by atoms with Gasteiger partial charge in [0.2, 0.25) is 0 Å². The zero-order valence-electron chi connectivity index (χ0n) is 20.5. The number of carbonyl (C=O) groups excluding carboxylic acids is 1. The molecule has 3 aromatic rings. The lowest BCUT2D eigenvalue weighted by molar-refractivity contribution is 0.0544. The molecule has 1 unspecified atom stereocenters. The molecular formula is C29H33N3O2. The number of rotatable bonds is 4. The van der Waals surface area contributed by atoms with Crippen LogP contribution >= 0.6 is 0 Å². The summed E-state index contributed by atoms with van der Waals surface area (Å²) in [6.45, 7) is 9.72. The molecule has 5 rings (SSSR count). The maximum Gasteiger partial charge on any atom is 0.418 e. The normalized spacial score (nSPS) is 20.4. The third-order valence-electron chi connectivity index (χ3n) is 7.19. The van der Waals surface area contributed by atoms with Gasteiger partial charge in [-0.05, 0) is 106 Å². The summed E-state index contributed by atoms with van der Waals surface area (Å²) in [7, 11) is 0. The summed E-state index contributed by atoms with van der Waals surface area (Å²) in [5, 5.41) is 13.9. The highest BCUT2D eigenvalue weighted by Crippen LogP contribution is 2.46. The van der Waals surface area contributed by atoms with Crippen molar-refractivity contribution in [1.82, 2.24) is 9.88 Å². The number of fused-ring (bicyclic) bond motifs is 1. The minimum Gasteiger partial charge on any atom is -0.443 e. The first-order valence-electron chi connectivity index (χ1n) is 12.3. The topological polar surface area (TPSA) is 67.0 Å². The lowest BCUT2D eigenvalue weighted by atomic mass is 9.82. The Balaban J connectivity index is 1.53. The fraction of sp³-hybridized carbons (Fsp3) is 0.448. The molecule has 1 aliphatic carbocycles. The van der Waals surface area contributed by atoms with Gasteiger partial charge in [0.1, 0.15) is 5.60 Å². The van der Waals surface area contributed by atoms with Gasteiger partial charge in [-0.25, -0.2) is 4.79 Å². The smallest absolute Gasteiger partial charge is 0.418 e. The number of nitriles is 1. The number of carbonyl (C=O) groups is 1. The average Bonchev–Trinajstić information content (AvgIpc) is 3.35. The Bertz CT molecular complexity index is 1270. The second-order valence-electron chi connectivity index (χ2n) is 10.9. The van der Waals surface area contributed by atoms with E-state index in [1.807, 2.05) is 39.1 Å². The van der Waals surface area contributed by atoms with Gasteiger partial charge in [0, 0.05) is 24.0 Å². The van der Waals surface area contributed by atoms with E-state index >= 15 is 0 Å². The van der Waals surface area contributed by atoms with Crippen LogP contribution in [0.1, 0.15) is 73.3 Å². The molecule has 34 heavy (non-hydrogen) atoms. The largest absolute Gasteiger partial charge is 0.443 e. The molecule has 0 spiro atoms. The van der Waals surface area contributed by atoms with Crippen molar-refractivity contribution in [3.8, 4) is 6.07 Å². The molecule has 0 radical (unpaired) electrons. The van der Waals surface area contributed by atoms with Gasteiger partial charge in [0.05, 0.1) is 17.1 Å². The van der Waals surface area contributed by atoms with Crippen LogP contribution in [0.5, 0.6) is 0 Å². The lowest BCUT2D eigenvalue weighted by Gasteiger charge is -2.23. The quantitative estimate of drug-likeness (QED) is 0.522. The Morgan fingerprint density at radius 2 is 1.91 bits per heavy atom. The van der Waals surface area contributed by atoms with Gasteiger partial charge in [-0.3, -0.25) is 4.57 Å². The van der Waals surface area contributed by atoms with Crippen molar-refractivity contribution in [3.63, 3.8) is 0 Å². The van der Waals surface area contributed by atoms with E-state index in [2.05, 4.69) is 42.6 Å². The summed E-state index contributed by atoms with van der Waals surface area (Å²) < 4.78 is 7.38. The zero-order chi connectivity index (χ0) is 24.0. The van der Waals surface area contributed by atoms with Gasteiger partial charge in [0.15, 0.2) is 0 Å². The molecule has 1 aliphatic heterocycles. The first-order chi connectivity index (χ1) is 16.2. The summed E-state index contributed by atoms with van der Waals surface area (Å²) >= 11 is 0. The molecule has 176 valence electrons. The van der Waals surface area contributed by atoms with Crippen LogP contribution in [0, 0.1) is 24.2 Å². The first-order valence-corrected chi connectivity index (χ1v) is 12.3.